The van der Waals surface area contributed by atoms with E-state index in [0.717, 1.165) is 15.6 Å². The Morgan fingerprint density at radius 2 is 2.00 bits per heavy atom. The minimum absolute atomic E-state index is 0.373. The number of ether oxygens (including phenoxy) is 2. The maximum Gasteiger partial charge on any atom is 0.240 e. The van der Waals surface area contributed by atoms with Gasteiger partial charge in [-0.25, -0.2) is 4.98 Å². The lowest BCUT2D eigenvalue weighted by Crippen LogP contribution is -2.16. The molecule has 0 amide bonds. The van der Waals surface area contributed by atoms with Crippen LogP contribution in [-0.2, 0) is 0 Å². The summed E-state index contributed by atoms with van der Waals surface area (Å²) in [5.74, 6) is 0.766. The van der Waals surface area contributed by atoms with Gasteiger partial charge in [0.15, 0.2) is 0 Å². The number of nitrogens with two attached hydrogens (primary N) is 1. The van der Waals surface area contributed by atoms with Crippen molar-refractivity contribution in [3.05, 3.63) is 45.7 Å². The second-order valence-electron chi connectivity index (χ2n) is 4.29. The van der Waals surface area contributed by atoms with E-state index < -0.39 is 6.04 Å². The molecule has 2 aromatic rings. The molecule has 5 nitrogen and oxygen atoms in total. The Hall–Kier alpha value is -1.66. The number of methoxy groups -OCH3 is 2. The van der Waals surface area contributed by atoms with E-state index in [-0.39, 0.29) is 0 Å². The topological polar surface area (TPSA) is 70.3 Å². The Labute approximate surface area is 126 Å². The monoisotopic (exact) mass is 337 g/mol. The number of aryl methyl sites for hydroxylation is 1. The molecule has 0 bridgehead atoms. The zero-order valence-corrected chi connectivity index (χ0v) is 13.1. The SMILES string of the molecule is COc1cnc(C(N)c2ccc(Br)c(C)c2)c(OC)n1. The predicted molar refractivity (Wildman–Crippen MR) is 80.0 cm³/mol. The number of benzene rings is 1. The van der Waals surface area contributed by atoms with Crippen molar-refractivity contribution in [3.63, 3.8) is 0 Å². The van der Waals surface area contributed by atoms with E-state index in [9.17, 15) is 0 Å². The minimum Gasteiger partial charge on any atom is -0.480 e. The van der Waals surface area contributed by atoms with Crippen molar-refractivity contribution in [1.29, 1.82) is 0 Å². The van der Waals surface area contributed by atoms with Crippen LogP contribution < -0.4 is 15.2 Å². The lowest BCUT2D eigenvalue weighted by atomic mass is 10.0. The normalized spacial score (nSPS) is 12.1. The zero-order chi connectivity index (χ0) is 14.7. The van der Waals surface area contributed by atoms with E-state index in [0.29, 0.717) is 17.5 Å². The molecule has 0 aliphatic rings. The summed E-state index contributed by atoms with van der Waals surface area (Å²) in [6.45, 7) is 2.01. The molecule has 1 unspecified atom stereocenters. The first-order valence-corrected chi connectivity index (χ1v) is 6.82. The molecule has 0 aliphatic carbocycles. The maximum atomic E-state index is 6.26. The van der Waals surface area contributed by atoms with E-state index in [1.54, 1.807) is 0 Å². The van der Waals surface area contributed by atoms with Gasteiger partial charge < -0.3 is 15.2 Å². The highest BCUT2D eigenvalue weighted by molar-refractivity contribution is 9.10. The number of rotatable bonds is 4. The van der Waals surface area contributed by atoms with Crippen molar-refractivity contribution < 1.29 is 9.47 Å². The van der Waals surface area contributed by atoms with Gasteiger partial charge in [-0.05, 0) is 24.1 Å². The van der Waals surface area contributed by atoms with E-state index >= 15 is 0 Å². The summed E-state index contributed by atoms with van der Waals surface area (Å²) in [6.07, 6.45) is 1.53. The summed E-state index contributed by atoms with van der Waals surface area (Å²) in [6, 6.07) is 5.52. The molecular formula is C14H16BrN3O2. The highest BCUT2D eigenvalue weighted by Crippen LogP contribution is 2.28. The Kier molecular flexibility index (Phi) is 4.57. The zero-order valence-electron chi connectivity index (χ0n) is 11.6. The van der Waals surface area contributed by atoms with E-state index in [1.165, 1.54) is 20.4 Å². The quantitative estimate of drug-likeness (QED) is 0.928. The summed E-state index contributed by atoms with van der Waals surface area (Å²) in [4.78, 5) is 8.50. The molecule has 1 aromatic heterocycles. The van der Waals surface area contributed by atoms with Crippen LogP contribution in [0.1, 0.15) is 22.9 Å². The number of nitrogens with zero attached hydrogens (tertiary/aromatic N) is 2. The highest BCUT2D eigenvalue weighted by atomic mass is 79.9. The number of hydrogen-bond acceptors (Lipinski definition) is 5. The van der Waals surface area contributed by atoms with Crippen LogP contribution in [-0.4, -0.2) is 24.2 Å². The van der Waals surface area contributed by atoms with Crippen LogP contribution in [0, 0.1) is 6.92 Å². The molecule has 2 N–H and O–H groups in total. The van der Waals surface area contributed by atoms with E-state index in [1.807, 2.05) is 25.1 Å². The summed E-state index contributed by atoms with van der Waals surface area (Å²) >= 11 is 3.47. The predicted octanol–water partition coefficient (Wildman–Crippen LogP) is 2.61. The average molecular weight is 338 g/mol. The summed E-state index contributed by atoms with van der Waals surface area (Å²) in [5, 5.41) is 0. The van der Waals surface area contributed by atoms with Gasteiger partial charge in [-0.2, -0.15) is 4.98 Å². The van der Waals surface area contributed by atoms with Crippen molar-refractivity contribution in [3.8, 4) is 11.8 Å². The van der Waals surface area contributed by atoms with Crippen LogP contribution >= 0.6 is 15.9 Å². The van der Waals surface area contributed by atoms with Gasteiger partial charge in [-0.1, -0.05) is 28.1 Å². The van der Waals surface area contributed by atoms with Gasteiger partial charge in [0, 0.05) is 4.47 Å². The van der Waals surface area contributed by atoms with Gasteiger partial charge in [0.1, 0.15) is 5.69 Å². The first kappa shape index (κ1) is 14.7. The van der Waals surface area contributed by atoms with Crippen LogP contribution in [0.2, 0.25) is 0 Å². The second-order valence-corrected chi connectivity index (χ2v) is 5.15. The standard InChI is InChI=1S/C14H16BrN3O2/c1-8-6-9(4-5-10(8)15)12(16)13-14(20-3)18-11(19-2)7-17-13/h4-7,12H,16H2,1-3H3. The molecule has 1 heterocycles. The third kappa shape index (κ3) is 2.91. The third-order valence-corrected chi connectivity index (χ3v) is 3.87. The molecule has 0 saturated heterocycles. The third-order valence-electron chi connectivity index (χ3n) is 2.98. The lowest BCUT2D eigenvalue weighted by Gasteiger charge is -2.15. The Bertz CT molecular complexity index is 619. The van der Waals surface area contributed by atoms with Crippen molar-refractivity contribution in [2.24, 2.45) is 5.73 Å². The fourth-order valence-corrected chi connectivity index (χ4v) is 2.09. The largest absolute Gasteiger partial charge is 0.480 e. The van der Waals surface area contributed by atoms with Crippen molar-refractivity contribution in [1.82, 2.24) is 9.97 Å². The van der Waals surface area contributed by atoms with Crippen LogP contribution in [0.3, 0.4) is 0 Å². The Balaban J connectivity index is 2.41. The summed E-state index contributed by atoms with van der Waals surface area (Å²) in [5.41, 5.74) is 8.90. The van der Waals surface area contributed by atoms with E-state index in [2.05, 4.69) is 25.9 Å². The molecule has 0 radical (unpaired) electrons. The molecule has 2 rings (SSSR count). The van der Waals surface area contributed by atoms with Crippen molar-refractivity contribution in [2.45, 2.75) is 13.0 Å². The molecule has 106 valence electrons. The molecule has 0 spiro atoms. The van der Waals surface area contributed by atoms with E-state index in [4.69, 9.17) is 15.2 Å². The van der Waals surface area contributed by atoms with Gasteiger partial charge >= 0.3 is 0 Å². The molecule has 20 heavy (non-hydrogen) atoms. The highest BCUT2D eigenvalue weighted by Gasteiger charge is 2.18. The first-order valence-electron chi connectivity index (χ1n) is 6.03. The fraction of sp³-hybridized carbons (Fsp3) is 0.286. The second kappa shape index (κ2) is 6.19. The van der Waals surface area contributed by atoms with Gasteiger partial charge in [-0.3, -0.25) is 0 Å². The number of aromatic nitrogens is 2. The van der Waals surface area contributed by atoms with Crippen LogP contribution in [0.25, 0.3) is 0 Å². The van der Waals surface area contributed by atoms with Gasteiger partial charge in [-0.15, -0.1) is 0 Å². The lowest BCUT2D eigenvalue weighted by molar-refractivity contribution is 0.355. The molecule has 1 atom stereocenters. The Morgan fingerprint density at radius 1 is 1.25 bits per heavy atom. The van der Waals surface area contributed by atoms with Crippen LogP contribution in [0.5, 0.6) is 11.8 Å². The van der Waals surface area contributed by atoms with Gasteiger partial charge in [0.2, 0.25) is 11.8 Å². The van der Waals surface area contributed by atoms with Crippen molar-refractivity contribution in [2.75, 3.05) is 14.2 Å². The van der Waals surface area contributed by atoms with Gasteiger partial charge in [0.25, 0.3) is 0 Å². The Morgan fingerprint density at radius 3 is 2.60 bits per heavy atom. The minimum atomic E-state index is -0.407. The molecule has 0 aliphatic heterocycles. The summed E-state index contributed by atoms with van der Waals surface area (Å²) in [7, 11) is 3.06. The average Bonchev–Trinajstić information content (AvgIpc) is 2.48. The van der Waals surface area contributed by atoms with Crippen LogP contribution in [0.4, 0.5) is 0 Å². The smallest absolute Gasteiger partial charge is 0.240 e. The summed E-state index contributed by atoms with van der Waals surface area (Å²) < 4.78 is 11.3. The molecule has 6 heteroatoms. The molecule has 0 fully saturated rings. The van der Waals surface area contributed by atoms with Gasteiger partial charge in [0.05, 0.1) is 26.5 Å². The van der Waals surface area contributed by atoms with Crippen LogP contribution in [0.15, 0.2) is 28.9 Å². The molecule has 0 saturated carbocycles. The fourth-order valence-electron chi connectivity index (χ4n) is 1.85. The van der Waals surface area contributed by atoms with Crippen molar-refractivity contribution >= 4 is 15.9 Å². The molecule has 1 aromatic carbocycles. The first-order chi connectivity index (χ1) is 9.56. The maximum absolute atomic E-state index is 6.26. The number of halogens is 1. The number of hydrogen-bond donors (Lipinski definition) is 1. The molecular weight excluding hydrogens is 322 g/mol.